The van der Waals surface area contributed by atoms with Crippen LogP contribution < -0.4 is 4.74 Å². The van der Waals surface area contributed by atoms with Crippen LogP contribution in [0.2, 0.25) is 0 Å². The van der Waals surface area contributed by atoms with Crippen molar-refractivity contribution >= 4 is 11.9 Å². The summed E-state index contributed by atoms with van der Waals surface area (Å²) in [7, 11) is 0. The molecule has 144 valence electrons. The predicted octanol–water partition coefficient (Wildman–Crippen LogP) is 4.46. The van der Waals surface area contributed by atoms with Crippen LogP contribution in [0.1, 0.15) is 57.6 Å². The van der Waals surface area contributed by atoms with Crippen molar-refractivity contribution in [3.8, 4) is 5.75 Å². The van der Waals surface area contributed by atoms with Crippen LogP contribution in [-0.2, 0) is 15.8 Å². The molecule has 1 aromatic rings. The van der Waals surface area contributed by atoms with Crippen LogP contribution in [0.5, 0.6) is 5.75 Å². The first-order valence-electron chi connectivity index (χ1n) is 8.68. The van der Waals surface area contributed by atoms with E-state index in [1.807, 2.05) is 0 Å². The van der Waals surface area contributed by atoms with Crippen LogP contribution in [0, 0.1) is 11.3 Å². The quantitative estimate of drug-likeness (QED) is 0.589. The number of aliphatic carboxylic acids is 1. The van der Waals surface area contributed by atoms with Gasteiger partial charge in [0.2, 0.25) is 0 Å². The normalized spacial score (nSPS) is 23.5. The molecule has 26 heavy (non-hydrogen) atoms. The lowest BCUT2D eigenvalue weighted by Gasteiger charge is -2.34. The van der Waals surface area contributed by atoms with Crippen LogP contribution in [0.3, 0.4) is 0 Å². The molecule has 0 aromatic carbocycles. The minimum Gasteiger partial charge on any atom is -0.480 e. The molecule has 1 aliphatic carbocycles. The number of nitrogens with zero attached hydrogens (tertiary/aromatic N) is 1. The molecule has 0 saturated heterocycles. The van der Waals surface area contributed by atoms with E-state index in [-0.39, 0.29) is 18.6 Å². The van der Waals surface area contributed by atoms with Gasteiger partial charge in [0.05, 0.1) is 6.20 Å². The minimum absolute atomic E-state index is 0.170. The van der Waals surface area contributed by atoms with Crippen LogP contribution in [0.25, 0.3) is 0 Å². The second kappa shape index (κ2) is 8.05. The Labute approximate surface area is 149 Å². The molecule has 1 heterocycles. The molecule has 1 aromatic heterocycles. The zero-order valence-electron chi connectivity index (χ0n) is 14.5. The fourth-order valence-electron chi connectivity index (χ4n) is 3.27. The average Bonchev–Trinajstić information content (AvgIpc) is 2.59. The first-order valence-corrected chi connectivity index (χ1v) is 8.68. The Morgan fingerprint density at radius 1 is 1.31 bits per heavy atom. The highest BCUT2D eigenvalue weighted by molar-refractivity contribution is 6.00. The SMILES string of the molecule is CCCC[C@H]1CC[C@](C(=O)O)(C(=O)Oc2ccc(C(F)(F)F)nc2)CC1. The molecule has 1 fully saturated rings. The average molecular weight is 373 g/mol. The maximum absolute atomic E-state index is 12.5. The number of aromatic nitrogens is 1. The molecule has 0 atom stereocenters. The van der Waals surface area contributed by atoms with E-state index in [1.54, 1.807) is 0 Å². The van der Waals surface area contributed by atoms with Crippen LogP contribution in [-0.4, -0.2) is 22.0 Å². The molecule has 0 unspecified atom stereocenters. The second-order valence-electron chi connectivity index (χ2n) is 6.74. The minimum atomic E-state index is -4.60. The van der Waals surface area contributed by atoms with Gasteiger partial charge in [-0.2, -0.15) is 13.2 Å². The Bertz CT molecular complexity index is 635. The zero-order chi connectivity index (χ0) is 19.4. The Balaban J connectivity index is 2.06. The number of esters is 1. The molecule has 1 aliphatic rings. The molecule has 5 nitrogen and oxygen atoms in total. The highest BCUT2D eigenvalue weighted by atomic mass is 19.4. The number of carboxylic acid groups (broad SMARTS) is 1. The molecule has 8 heteroatoms. The van der Waals surface area contributed by atoms with Crippen molar-refractivity contribution in [1.29, 1.82) is 0 Å². The lowest BCUT2D eigenvalue weighted by molar-refractivity contribution is -0.166. The summed E-state index contributed by atoms with van der Waals surface area (Å²) in [5, 5.41) is 9.59. The summed E-state index contributed by atoms with van der Waals surface area (Å²) in [6.07, 6.45) is 0.886. The van der Waals surface area contributed by atoms with Crippen molar-refractivity contribution in [3.05, 3.63) is 24.0 Å². The highest BCUT2D eigenvalue weighted by Gasteiger charge is 2.50. The molecule has 0 radical (unpaired) electrons. The van der Waals surface area contributed by atoms with Crippen molar-refractivity contribution in [2.24, 2.45) is 11.3 Å². The summed E-state index contributed by atoms with van der Waals surface area (Å²) in [6, 6.07) is 1.66. The number of halogens is 3. The fourth-order valence-corrected chi connectivity index (χ4v) is 3.27. The molecular weight excluding hydrogens is 351 g/mol. The monoisotopic (exact) mass is 373 g/mol. The van der Waals surface area contributed by atoms with Gasteiger partial charge >= 0.3 is 18.1 Å². The smallest absolute Gasteiger partial charge is 0.433 e. The fraction of sp³-hybridized carbons (Fsp3) is 0.611. The van der Waals surface area contributed by atoms with E-state index >= 15 is 0 Å². The summed E-state index contributed by atoms with van der Waals surface area (Å²) in [5.74, 6) is -2.00. The van der Waals surface area contributed by atoms with Crippen LogP contribution >= 0.6 is 0 Å². The zero-order valence-corrected chi connectivity index (χ0v) is 14.5. The van der Waals surface area contributed by atoms with Crippen molar-refractivity contribution in [2.45, 2.75) is 58.0 Å². The van der Waals surface area contributed by atoms with Gasteiger partial charge in [0, 0.05) is 0 Å². The number of rotatable bonds is 6. The number of alkyl halides is 3. The van der Waals surface area contributed by atoms with E-state index in [0.717, 1.165) is 31.5 Å². The molecule has 0 aliphatic heterocycles. The summed E-state index contributed by atoms with van der Waals surface area (Å²) in [5.41, 5.74) is -2.76. The molecule has 0 amide bonds. The number of carboxylic acids is 1. The van der Waals surface area contributed by atoms with Crippen molar-refractivity contribution < 1.29 is 32.6 Å². The van der Waals surface area contributed by atoms with Gasteiger partial charge in [-0.15, -0.1) is 0 Å². The summed E-state index contributed by atoms with van der Waals surface area (Å²) < 4.78 is 42.6. The first kappa shape index (κ1) is 20.2. The van der Waals surface area contributed by atoms with Crippen molar-refractivity contribution in [2.75, 3.05) is 0 Å². The van der Waals surface area contributed by atoms with Gasteiger partial charge in [-0.1, -0.05) is 26.2 Å². The predicted molar refractivity (Wildman–Crippen MR) is 86.4 cm³/mol. The molecule has 1 saturated carbocycles. The third-order valence-electron chi connectivity index (χ3n) is 4.96. The number of hydrogen-bond donors (Lipinski definition) is 1. The number of ether oxygens (including phenoxy) is 1. The van der Waals surface area contributed by atoms with Gasteiger partial charge in [0.25, 0.3) is 0 Å². The second-order valence-corrected chi connectivity index (χ2v) is 6.74. The molecular formula is C18H22F3NO4. The third kappa shape index (κ3) is 4.53. The third-order valence-corrected chi connectivity index (χ3v) is 4.96. The van der Waals surface area contributed by atoms with E-state index in [9.17, 15) is 27.9 Å². The largest absolute Gasteiger partial charge is 0.480 e. The highest BCUT2D eigenvalue weighted by Crippen LogP contribution is 2.42. The number of unbranched alkanes of at least 4 members (excludes halogenated alkanes) is 1. The Morgan fingerprint density at radius 2 is 1.96 bits per heavy atom. The van der Waals surface area contributed by atoms with E-state index in [4.69, 9.17) is 4.74 Å². The van der Waals surface area contributed by atoms with E-state index in [1.165, 1.54) is 0 Å². The maximum Gasteiger partial charge on any atom is 0.433 e. The van der Waals surface area contributed by atoms with Gasteiger partial charge in [0.15, 0.2) is 5.41 Å². The topological polar surface area (TPSA) is 76.5 Å². The number of hydrogen-bond acceptors (Lipinski definition) is 4. The Morgan fingerprint density at radius 3 is 2.42 bits per heavy atom. The standard InChI is InChI=1S/C18H22F3NO4/c1-2-3-4-12-7-9-17(10-8-12,15(23)24)16(25)26-13-5-6-14(22-11-13)18(19,20)21/h5-6,11-12H,2-4,7-10H2,1H3,(H,23,24)/t12-,17-. The number of pyridine rings is 1. The lowest BCUT2D eigenvalue weighted by Crippen LogP contribution is -2.45. The molecule has 2 rings (SSSR count). The Hall–Kier alpha value is -2.12. The number of carbonyl (C=O) groups excluding carboxylic acids is 1. The van der Waals surface area contributed by atoms with Crippen molar-refractivity contribution in [3.63, 3.8) is 0 Å². The van der Waals surface area contributed by atoms with Gasteiger partial charge in [-0.3, -0.25) is 9.59 Å². The van der Waals surface area contributed by atoms with Crippen LogP contribution in [0.4, 0.5) is 13.2 Å². The number of carbonyl (C=O) groups is 2. The molecule has 1 N–H and O–H groups in total. The van der Waals surface area contributed by atoms with Gasteiger partial charge in [0.1, 0.15) is 11.4 Å². The van der Waals surface area contributed by atoms with Gasteiger partial charge < -0.3 is 9.84 Å². The maximum atomic E-state index is 12.5. The van der Waals surface area contributed by atoms with Crippen molar-refractivity contribution in [1.82, 2.24) is 4.98 Å². The summed E-state index contributed by atoms with van der Waals surface area (Å²) in [4.78, 5) is 27.4. The summed E-state index contributed by atoms with van der Waals surface area (Å²) >= 11 is 0. The Kier molecular flexibility index (Phi) is 6.26. The van der Waals surface area contributed by atoms with Gasteiger partial charge in [-0.05, 0) is 43.7 Å². The van der Waals surface area contributed by atoms with E-state index in [2.05, 4.69) is 11.9 Å². The van der Waals surface area contributed by atoms with Gasteiger partial charge in [-0.25, -0.2) is 4.98 Å². The van der Waals surface area contributed by atoms with E-state index < -0.39 is 29.2 Å². The first-order chi connectivity index (χ1) is 12.2. The molecule has 0 spiro atoms. The lowest BCUT2D eigenvalue weighted by atomic mass is 9.69. The summed E-state index contributed by atoms with van der Waals surface area (Å²) in [6.45, 7) is 2.08. The molecule has 0 bridgehead atoms. The van der Waals surface area contributed by atoms with Crippen LogP contribution in [0.15, 0.2) is 18.3 Å². The van der Waals surface area contributed by atoms with E-state index in [0.29, 0.717) is 24.8 Å².